The molecule has 2 rings (SSSR count). The van der Waals surface area contributed by atoms with Crippen molar-refractivity contribution < 1.29 is 38.1 Å². The quantitative estimate of drug-likeness (QED) is 0.411. The highest BCUT2D eigenvalue weighted by atomic mass is 16.5. The van der Waals surface area contributed by atoms with Gasteiger partial charge in [-0.1, -0.05) is 6.07 Å². The molecule has 0 fully saturated rings. The maximum absolute atomic E-state index is 12.0. The van der Waals surface area contributed by atoms with Crippen molar-refractivity contribution in [2.45, 2.75) is 0 Å². The van der Waals surface area contributed by atoms with Crippen LogP contribution in [-0.2, 0) is 19.1 Å². The second kappa shape index (κ2) is 11.7. The van der Waals surface area contributed by atoms with Gasteiger partial charge in [-0.15, -0.1) is 0 Å². The van der Waals surface area contributed by atoms with Crippen molar-refractivity contribution in [3.05, 3.63) is 59.7 Å². The highest BCUT2D eigenvalue weighted by Gasteiger charge is 2.12. The lowest BCUT2D eigenvalue weighted by atomic mass is 10.2. The highest BCUT2D eigenvalue weighted by Crippen LogP contribution is 2.28. The van der Waals surface area contributed by atoms with Crippen LogP contribution in [0.25, 0.3) is 6.08 Å². The van der Waals surface area contributed by atoms with E-state index in [0.717, 1.165) is 6.08 Å². The van der Waals surface area contributed by atoms with E-state index in [0.29, 0.717) is 22.8 Å². The summed E-state index contributed by atoms with van der Waals surface area (Å²) >= 11 is 0. The zero-order valence-corrected chi connectivity index (χ0v) is 17.5. The number of rotatable bonds is 10. The summed E-state index contributed by atoms with van der Waals surface area (Å²) in [6.45, 7) is -0.935. The lowest BCUT2D eigenvalue weighted by Gasteiger charge is -2.10. The summed E-state index contributed by atoms with van der Waals surface area (Å²) in [5.74, 6) is -1.61. The Hall–Kier alpha value is -4.34. The largest absolute Gasteiger partial charge is 0.497 e. The number of nitrogens with two attached hydrogens (primary N) is 1. The fraction of sp³-hybridized carbons (Fsp3) is 0.182. The van der Waals surface area contributed by atoms with Gasteiger partial charge < -0.3 is 24.7 Å². The van der Waals surface area contributed by atoms with Crippen LogP contribution in [0, 0.1) is 0 Å². The molecule has 0 saturated carbocycles. The Morgan fingerprint density at radius 2 is 1.66 bits per heavy atom. The zero-order valence-electron chi connectivity index (χ0n) is 17.5. The Morgan fingerprint density at radius 1 is 0.938 bits per heavy atom. The van der Waals surface area contributed by atoms with Gasteiger partial charge in [-0.2, -0.15) is 0 Å². The zero-order chi connectivity index (χ0) is 23.5. The molecule has 0 saturated heterocycles. The van der Waals surface area contributed by atoms with Crippen molar-refractivity contribution in [1.82, 2.24) is 5.32 Å². The Kier molecular flexibility index (Phi) is 8.78. The monoisotopic (exact) mass is 442 g/mol. The SMILES string of the molecule is COc1ccc(C(=O)NC(=O)COC(=O)/C=C/c2ccc(OCC(N)=O)c(OC)c2)cc1. The molecule has 2 aromatic carbocycles. The Balaban J connectivity index is 1.85. The summed E-state index contributed by atoms with van der Waals surface area (Å²) in [5.41, 5.74) is 5.87. The van der Waals surface area contributed by atoms with Gasteiger partial charge in [0, 0.05) is 11.6 Å². The maximum atomic E-state index is 12.0. The van der Waals surface area contributed by atoms with Gasteiger partial charge in [-0.25, -0.2) is 4.79 Å². The van der Waals surface area contributed by atoms with E-state index in [-0.39, 0.29) is 12.2 Å². The molecule has 32 heavy (non-hydrogen) atoms. The van der Waals surface area contributed by atoms with Gasteiger partial charge in [0.2, 0.25) is 0 Å². The number of nitrogens with one attached hydrogen (secondary N) is 1. The third kappa shape index (κ3) is 7.48. The van der Waals surface area contributed by atoms with Gasteiger partial charge in [0.1, 0.15) is 5.75 Å². The number of hydrogen-bond donors (Lipinski definition) is 2. The molecule has 3 N–H and O–H groups in total. The molecule has 0 radical (unpaired) electrons. The highest BCUT2D eigenvalue weighted by molar-refractivity contribution is 6.05. The number of methoxy groups -OCH3 is 2. The summed E-state index contributed by atoms with van der Waals surface area (Å²) in [4.78, 5) is 46.5. The molecule has 0 aliphatic heterocycles. The molecule has 0 heterocycles. The smallest absolute Gasteiger partial charge is 0.331 e. The molecule has 0 aliphatic rings. The molecule has 3 amide bonds. The van der Waals surface area contributed by atoms with E-state index in [4.69, 9.17) is 24.7 Å². The van der Waals surface area contributed by atoms with Crippen LogP contribution in [0.15, 0.2) is 48.5 Å². The van der Waals surface area contributed by atoms with Crippen LogP contribution < -0.4 is 25.3 Å². The minimum atomic E-state index is -0.787. The number of hydrogen-bond acceptors (Lipinski definition) is 8. The van der Waals surface area contributed by atoms with E-state index in [9.17, 15) is 19.2 Å². The van der Waals surface area contributed by atoms with Crippen LogP contribution in [-0.4, -0.2) is 51.1 Å². The molecule has 0 bridgehead atoms. The third-order valence-corrected chi connectivity index (χ3v) is 3.92. The van der Waals surface area contributed by atoms with Crippen molar-refractivity contribution in [2.75, 3.05) is 27.4 Å². The second-order valence-electron chi connectivity index (χ2n) is 6.21. The summed E-state index contributed by atoms with van der Waals surface area (Å²) in [6, 6.07) is 10.9. The number of esters is 1. The lowest BCUT2D eigenvalue weighted by Crippen LogP contribution is -2.34. The standard InChI is InChI=1S/C22H22N2O8/c1-29-16-7-5-15(6-8-16)22(28)24-20(26)13-32-21(27)10-4-14-3-9-17(18(11-14)30-2)31-12-19(23)25/h3-11H,12-13H2,1-2H3,(H2,23,25)(H,24,26,28)/b10-4+. The van der Waals surface area contributed by atoms with Gasteiger partial charge in [-0.05, 0) is 48.0 Å². The van der Waals surface area contributed by atoms with E-state index in [1.165, 1.54) is 32.4 Å². The molecule has 0 atom stereocenters. The molecule has 0 aliphatic carbocycles. The Bertz CT molecular complexity index is 1020. The van der Waals surface area contributed by atoms with E-state index in [2.05, 4.69) is 5.32 Å². The number of ether oxygens (including phenoxy) is 4. The van der Waals surface area contributed by atoms with Gasteiger partial charge in [0.25, 0.3) is 17.7 Å². The molecular weight excluding hydrogens is 420 g/mol. The summed E-state index contributed by atoms with van der Waals surface area (Å²) in [5, 5.41) is 2.12. The van der Waals surface area contributed by atoms with E-state index in [1.54, 1.807) is 30.3 Å². The molecule has 0 unspecified atom stereocenters. The van der Waals surface area contributed by atoms with Crippen molar-refractivity contribution in [3.8, 4) is 17.2 Å². The number of carbonyl (C=O) groups excluding carboxylic acids is 4. The summed E-state index contributed by atoms with van der Waals surface area (Å²) in [6.07, 6.45) is 2.54. The van der Waals surface area contributed by atoms with E-state index >= 15 is 0 Å². The minimum absolute atomic E-state index is 0.252. The molecule has 2 aromatic rings. The van der Waals surface area contributed by atoms with Gasteiger partial charge in [-0.3, -0.25) is 19.7 Å². The minimum Gasteiger partial charge on any atom is -0.497 e. The van der Waals surface area contributed by atoms with Gasteiger partial charge >= 0.3 is 5.97 Å². The van der Waals surface area contributed by atoms with Gasteiger partial charge in [0.05, 0.1) is 14.2 Å². The molecule has 10 nitrogen and oxygen atoms in total. The van der Waals surface area contributed by atoms with Crippen LogP contribution in [0.5, 0.6) is 17.2 Å². The number of primary amides is 1. The molecule has 0 spiro atoms. The van der Waals surface area contributed by atoms with Crippen molar-refractivity contribution in [2.24, 2.45) is 5.73 Å². The molecule has 10 heteroatoms. The number of imide groups is 1. The van der Waals surface area contributed by atoms with Crippen LogP contribution >= 0.6 is 0 Å². The third-order valence-electron chi connectivity index (χ3n) is 3.92. The molecule has 168 valence electrons. The van der Waals surface area contributed by atoms with Crippen LogP contribution in [0.3, 0.4) is 0 Å². The normalized spacial score (nSPS) is 10.3. The maximum Gasteiger partial charge on any atom is 0.331 e. The molecule has 0 aromatic heterocycles. The first-order chi connectivity index (χ1) is 15.3. The topological polar surface area (TPSA) is 143 Å². The summed E-state index contributed by atoms with van der Waals surface area (Å²) < 4.78 is 20.2. The lowest BCUT2D eigenvalue weighted by molar-refractivity contribution is -0.143. The fourth-order valence-corrected chi connectivity index (χ4v) is 2.38. The van der Waals surface area contributed by atoms with Crippen molar-refractivity contribution in [3.63, 3.8) is 0 Å². The Morgan fingerprint density at radius 3 is 2.28 bits per heavy atom. The van der Waals surface area contributed by atoms with Crippen LogP contribution in [0.4, 0.5) is 0 Å². The first-order valence-electron chi connectivity index (χ1n) is 9.24. The van der Waals surface area contributed by atoms with Crippen LogP contribution in [0.2, 0.25) is 0 Å². The van der Waals surface area contributed by atoms with Gasteiger partial charge in [0.15, 0.2) is 24.7 Å². The molecular formula is C22H22N2O8. The van der Waals surface area contributed by atoms with E-state index < -0.39 is 30.3 Å². The number of amides is 3. The van der Waals surface area contributed by atoms with Crippen LogP contribution in [0.1, 0.15) is 15.9 Å². The number of carbonyl (C=O) groups is 4. The average Bonchev–Trinajstić information content (AvgIpc) is 2.80. The van der Waals surface area contributed by atoms with Crippen molar-refractivity contribution in [1.29, 1.82) is 0 Å². The van der Waals surface area contributed by atoms with Crippen molar-refractivity contribution >= 4 is 29.8 Å². The predicted molar refractivity (Wildman–Crippen MR) is 113 cm³/mol. The average molecular weight is 442 g/mol. The fourth-order valence-electron chi connectivity index (χ4n) is 2.38. The first-order valence-corrected chi connectivity index (χ1v) is 9.24. The predicted octanol–water partition coefficient (Wildman–Crippen LogP) is 1.08. The number of benzene rings is 2. The van der Waals surface area contributed by atoms with E-state index in [1.807, 2.05) is 0 Å². The second-order valence-corrected chi connectivity index (χ2v) is 6.21. The Labute approximate surface area is 183 Å². The summed E-state index contributed by atoms with van der Waals surface area (Å²) in [7, 11) is 2.91. The first kappa shape index (κ1) is 23.9.